The average molecular weight is 273 g/mol. The Morgan fingerprint density at radius 1 is 1.40 bits per heavy atom. The van der Waals surface area contributed by atoms with Gasteiger partial charge in [0.15, 0.2) is 5.82 Å². The molecule has 1 aromatic carbocycles. The highest BCUT2D eigenvalue weighted by Crippen LogP contribution is 2.17. The van der Waals surface area contributed by atoms with Crippen LogP contribution in [0.5, 0.6) is 0 Å². The summed E-state index contributed by atoms with van der Waals surface area (Å²) < 4.78 is 4.91. The van der Waals surface area contributed by atoms with E-state index in [0.717, 1.165) is 0 Å². The average Bonchev–Trinajstić information content (AvgIpc) is 2.84. The minimum Gasteiger partial charge on any atom is -0.360 e. The van der Waals surface area contributed by atoms with Gasteiger partial charge in [-0.1, -0.05) is 35.5 Å². The predicted molar refractivity (Wildman–Crippen MR) is 77.4 cm³/mol. The summed E-state index contributed by atoms with van der Waals surface area (Å²) in [4.78, 5) is 13.9. The molecule has 0 spiro atoms. The van der Waals surface area contributed by atoms with Gasteiger partial charge in [0, 0.05) is 12.1 Å². The summed E-state index contributed by atoms with van der Waals surface area (Å²) in [6, 6.07) is 11.9. The maximum atomic E-state index is 11.9. The third kappa shape index (κ3) is 3.68. The van der Waals surface area contributed by atoms with Crippen molar-refractivity contribution in [3.63, 3.8) is 0 Å². The van der Waals surface area contributed by atoms with Crippen molar-refractivity contribution in [2.24, 2.45) is 0 Å². The summed E-state index contributed by atoms with van der Waals surface area (Å²) >= 11 is 0. The van der Waals surface area contributed by atoms with Gasteiger partial charge in [0.05, 0.1) is 6.54 Å². The molecular weight excluding hydrogens is 254 g/mol. The van der Waals surface area contributed by atoms with Gasteiger partial charge in [-0.2, -0.15) is 0 Å². The first-order valence-corrected chi connectivity index (χ1v) is 6.54. The van der Waals surface area contributed by atoms with E-state index in [1.165, 1.54) is 5.56 Å². The summed E-state index contributed by atoms with van der Waals surface area (Å²) in [6.45, 7) is 4.15. The molecule has 1 amide bonds. The van der Waals surface area contributed by atoms with Crippen LogP contribution in [0, 0.1) is 6.92 Å². The third-order valence-electron chi connectivity index (χ3n) is 3.23. The van der Waals surface area contributed by atoms with Crippen LogP contribution in [0.3, 0.4) is 0 Å². The second-order valence-corrected chi connectivity index (χ2v) is 4.87. The van der Waals surface area contributed by atoms with Gasteiger partial charge in [0.1, 0.15) is 5.76 Å². The summed E-state index contributed by atoms with van der Waals surface area (Å²) in [7, 11) is 1.92. The number of hydrogen-bond acceptors (Lipinski definition) is 4. The predicted octanol–water partition coefficient (Wildman–Crippen LogP) is 2.61. The van der Waals surface area contributed by atoms with E-state index in [9.17, 15) is 4.79 Å². The van der Waals surface area contributed by atoms with Crippen LogP contribution in [0.1, 0.15) is 24.3 Å². The van der Waals surface area contributed by atoms with Crippen LogP contribution in [-0.4, -0.2) is 29.6 Å². The van der Waals surface area contributed by atoms with E-state index < -0.39 is 0 Å². The van der Waals surface area contributed by atoms with Crippen molar-refractivity contribution in [3.8, 4) is 0 Å². The molecule has 2 rings (SSSR count). The van der Waals surface area contributed by atoms with Crippen LogP contribution in [0.2, 0.25) is 0 Å². The van der Waals surface area contributed by atoms with Gasteiger partial charge >= 0.3 is 0 Å². The number of nitrogens with zero attached hydrogens (tertiary/aromatic N) is 2. The number of aryl methyl sites for hydroxylation is 1. The van der Waals surface area contributed by atoms with Crippen LogP contribution in [0.15, 0.2) is 40.9 Å². The zero-order chi connectivity index (χ0) is 14.5. The topological polar surface area (TPSA) is 58.4 Å². The number of likely N-dealkylation sites (N-methyl/N-ethyl adjacent to an activating group) is 1. The van der Waals surface area contributed by atoms with E-state index in [1.54, 1.807) is 13.0 Å². The van der Waals surface area contributed by atoms with Crippen LogP contribution in [0.4, 0.5) is 5.82 Å². The van der Waals surface area contributed by atoms with Gasteiger partial charge in [-0.15, -0.1) is 0 Å². The molecule has 0 saturated heterocycles. The second-order valence-electron chi connectivity index (χ2n) is 4.87. The van der Waals surface area contributed by atoms with Gasteiger partial charge in [-0.3, -0.25) is 9.69 Å². The van der Waals surface area contributed by atoms with Crippen molar-refractivity contribution < 1.29 is 9.32 Å². The number of benzene rings is 1. The minimum atomic E-state index is -0.108. The number of nitrogens with one attached hydrogen (secondary N) is 1. The van der Waals surface area contributed by atoms with Crippen molar-refractivity contribution in [1.82, 2.24) is 10.1 Å². The van der Waals surface area contributed by atoms with Gasteiger partial charge in [-0.25, -0.2) is 0 Å². The molecule has 1 N–H and O–H groups in total. The summed E-state index contributed by atoms with van der Waals surface area (Å²) in [6.07, 6.45) is 0. The van der Waals surface area contributed by atoms with Crippen molar-refractivity contribution >= 4 is 11.7 Å². The Balaban J connectivity index is 1.90. The molecule has 0 aliphatic carbocycles. The monoisotopic (exact) mass is 273 g/mol. The molecule has 0 bridgehead atoms. The molecule has 1 heterocycles. The highest BCUT2D eigenvalue weighted by molar-refractivity contribution is 5.91. The smallest absolute Gasteiger partial charge is 0.239 e. The lowest BCUT2D eigenvalue weighted by molar-refractivity contribution is -0.117. The summed E-state index contributed by atoms with van der Waals surface area (Å²) in [5.74, 6) is 1.02. The molecule has 0 aliphatic rings. The molecule has 5 heteroatoms. The zero-order valence-electron chi connectivity index (χ0n) is 12.0. The Hall–Kier alpha value is -2.14. The molecule has 0 fully saturated rings. The molecule has 20 heavy (non-hydrogen) atoms. The second kappa shape index (κ2) is 6.34. The Morgan fingerprint density at radius 2 is 2.10 bits per heavy atom. The molecule has 0 saturated carbocycles. The van der Waals surface area contributed by atoms with Gasteiger partial charge in [0.25, 0.3) is 0 Å². The highest BCUT2D eigenvalue weighted by Gasteiger charge is 2.15. The van der Waals surface area contributed by atoms with E-state index in [2.05, 4.69) is 29.5 Å². The van der Waals surface area contributed by atoms with Crippen molar-refractivity contribution in [1.29, 1.82) is 0 Å². The Labute approximate surface area is 118 Å². The SMILES string of the molecule is Cc1cc(NC(=O)CN(C)C(C)c2ccccc2)no1. The van der Waals surface area contributed by atoms with Gasteiger partial charge < -0.3 is 9.84 Å². The van der Waals surface area contributed by atoms with Gasteiger partial charge in [0.2, 0.25) is 5.91 Å². The molecular formula is C15H19N3O2. The lowest BCUT2D eigenvalue weighted by atomic mass is 10.1. The first-order chi connectivity index (χ1) is 9.56. The van der Waals surface area contributed by atoms with E-state index in [1.807, 2.05) is 30.1 Å². The van der Waals surface area contributed by atoms with Crippen molar-refractivity contribution in [2.75, 3.05) is 18.9 Å². The number of amides is 1. The Morgan fingerprint density at radius 3 is 2.70 bits per heavy atom. The number of carbonyl (C=O) groups is 1. The van der Waals surface area contributed by atoms with Crippen LogP contribution in [0.25, 0.3) is 0 Å². The molecule has 1 unspecified atom stereocenters. The molecule has 1 atom stereocenters. The quantitative estimate of drug-likeness (QED) is 0.909. The van der Waals surface area contributed by atoms with E-state index in [0.29, 0.717) is 18.1 Å². The van der Waals surface area contributed by atoms with E-state index >= 15 is 0 Å². The molecule has 1 aromatic heterocycles. The maximum Gasteiger partial charge on any atom is 0.239 e. The van der Waals surface area contributed by atoms with E-state index in [-0.39, 0.29) is 11.9 Å². The number of rotatable bonds is 5. The molecule has 0 radical (unpaired) electrons. The zero-order valence-corrected chi connectivity index (χ0v) is 12.0. The fraction of sp³-hybridized carbons (Fsp3) is 0.333. The molecule has 0 aliphatic heterocycles. The maximum absolute atomic E-state index is 11.9. The number of carbonyl (C=O) groups excluding carboxylic acids is 1. The Kier molecular flexibility index (Phi) is 4.53. The van der Waals surface area contributed by atoms with Crippen LogP contribution >= 0.6 is 0 Å². The summed E-state index contributed by atoms with van der Waals surface area (Å²) in [5.41, 5.74) is 1.18. The fourth-order valence-corrected chi connectivity index (χ4v) is 1.96. The normalized spacial score (nSPS) is 12.4. The van der Waals surface area contributed by atoms with Crippen molar-refractivity contribution in [2.45, 2.75) is 19.9 Å². The summed E-state index contributed by atoms with van der Waals surface area (Å²) in [5, 5.41) is 6.46. The third-order valence-corrected chi connectivity index (χ3v) is 3.23. The lowest BCUT2D eigenvalue weighted by Gasteiger charge is -2.24. The fourth-order valence-electron chi connectivity index (χ4n) is 1.96. The first-order valence-electron chi connectivity index (χ1n) is 6.54. The highest BCUT2D eigenvalue weighted by atomic mass is 16.5. The molecule has 2 aromatic rings. The molecule has 5 nitrogen and oxygen atoms in total. The number of anilines is 1. The van der Waals surface area contributed by atoms with Gasteiger partial charge in [-0.05, 0) is 26.5 Å². The standard InChI is InChI=1S/C15H19N3O2/c1-11-9-14(17-20-11)16-15(19)10-18(3)12(2)13-7-5-4-6-8-13/h4-9,12H,10H2,1-3H3,(H,16,17,19). The van der Waals surface area contributed by atoms with Crippen LogP contribution in [-0.2, 0) is 4.79 Å². The lowest BCUT2D eigenvalue weighted by Crippen LogP contribution is -2.32. The largest absolute Gasteiger partial charge is 0.360 e. The molecule has 106 valence electrons. The van der Waals surface area contributed by atoms with E-state index in [4.69, 9.17) is 4.52 Å². The Bertz CT molecular complexity index is 566. The van der Waals surface area contributed by atoms with Crippen LogP contribution < -0.4 is 5.32 Å². The number of aromatic nitrogens is 1. The number of hydrogen-bond donors (Lipinski definition) is 1. The first kappa shape index (κ1) is 14.3. The minimum absolute atomic E-state index is 0.108. The van der Waals surface area contributed by atoms with Crippen molar-refractivity contribution in [3.05, 3.63) is 47.7 Å².